The molecule has 1 N–H and O–H groups in total. The monoisotopic (exact) mass is 445 g/mol. The number of hydrogen-bond acceptors (Lipinski definition) is 5. The number of carbonyl (C=O) groups is 2. The lowest BCUT2D eigenvalue weighted by atomic mass is 10.0. The maximum atomic E-state index is 13.3. The van der Waals surface area contributed by atoms with Crippen molar-refractivity contribution < 1.29 is 14.0 Å². The third-order valence-corrected chi connectivity index (χ3v) is 6.87. The molecule has 0 bridgehead atoms. The molecule has 1 unspecified atom stereocenters. The second kappa shape index (κ2) is 8.24. The Bertz CT molecular complexity index is 1320. The van der Waals surface area contributed by atoms with Crippen molar-refractivity contribution in [2.45, 2.75) is 26.3 Å². The zero-order valence-electron chi connectivity index (χ0n) is 17.9. The quantitative estimate of drug-likeness (QED) is 0.478. The van der Waals surface area contributed by atoms with Crippen molar-refractivity contribution in [3.8, 4) is 10.4 Å². The van der Waals surface area contributed by atoms with Crippen molar-refractivity contribution in [1.29, 1.82) is 0 Å². The molecule has 0 spiro atoms. The first-order valence-corrected chi connectivity index (χ1v) is 11.4. The third-order valence-electron chi connectivity index (χ3n) is 5.85. The summed E-state index contributed by atoms with van der Waals surface area (Å²) in [4.78, 5) is 33.3. The van der Waals surface area contributed by atoms with E-state index in [1.54, 1.807) is 0 Å². The number of fused-ring (bicyclic) bond motifs is 1. The Balaban J connectivity index is 1.30. The molecule has 4 aromatic rings. The van der Waals surface area contributed by atoms with E-state index in [1.807, 2.05) is 61.2 Å². The summed E-state index contributed by atoms with van der Waals surface area (Å²) in [7, 11) is 0. The summed E-state index contributed by atoms with van der Waals surface area (Å²) in [5.74, 6) is -0.274. The minimum atomic E-state index is -0.195. The molecule has 3 heterocycles. The molecule has 2 amide bonds. The van der Waals surface area contributed by atoms with E-state index in [-0.39, 0.29) is 17.9 Å². The van der Waals surface area contributed by atoms with E-state index in [2.05, 4.69) is 16.4 Å². The van der Waals surface area contributed by atoms with Gasteiger partial charge in [0, 0.05) is 18.5 Å². The number of para-hydroxylation sites is 1. The first-order valence-electron chi connectivity index (χ1n) is 10.6. The molecule has 2 aromatic carbocycles. The number of hydrogen-bond donors (Lipinski definition) is 1. The second-order valence-corrected chi connectivity index (χ2v) is 9.28. The van der Waals surface area contributed by atoms with Gasteiger partial charge in [0.25, 0.3) is 11.8 Å². The van der Waals surface area contributed by atoms with E-state index < -0.39 is 0 Å². The van der Waals surface area contributed by atoms with Crippen LogP contribution in [-0.2, 0) is 0 Å². The zero-order valence-corrected chi connectivity index (χ0v) is 18.7. The normalized spacial score (nSPS) is 15.6. The summed E-state index contributed by atoms with van der Waals surface area (Å²) < 4.78 is 5.47. The summed E-state index contributed by atoms with van der Waals surface area (Å²) in [5.41, 5.74) is 3.84. The number of nitrogens with zero attached hydrogens (tertiary/aromatic N) is 2. The summed E-state index contributed by atoms with van der Waals surface area (Å²) in [6.07, 6.45) is 2.33. The number of likely N-dealkylation sites (tertiary alicyclic amines) is 1. The molecule has 6 nitrogen and oxygen atoms in total. The largest absolute Gasteiger partial charge is 0.463 e. The van der Waals surface area contributed by atoms with Gasteiger partial charge in [-0.05, 0) is 31.9 Å². The van der Waals surface area contributed by atoms with Crippen LogP contribution in [0.25, 0.3) is 21.4 Å². The maximum absolute atomic E-state index is 13.3. The van der Waals surface area contributed by atoms with Crippen LogP contribution in [0.4, 0.5) is 0 Å². The summed E-state index contributed by atoms with van der Waals surface area (Å²) in [5, 5.41) is 4.61. The van der Waals surface area contributed by atoms with Crippen molar-refractivity contribution in [3.05, 3.63) is 76.6 Å². The number of carbonyl (C=O) groups excluding carboxylic acids is 2. The molecular weight excluding hydrogens is 422 g/mol. The molecule has 0 radical (unpaired) electrons. The van der Waals surface area contributed by atoms with Crippen molar-refractivity contribution in [2.24, 2.45) is 0 Å². The fraction of sp³-hybridized carbons (Fsp3) is 0.240. The molecule has 5 rings (SSSR count). The fourth-order valence-electron chi connectivity index (χ4n) is 4.07. The highest BCUT2D eigenvalue weighted by atomic mass is 32.1. The highest BCUT2D eigenvalue weighted by molar-refractivity contribution is 7.15. The van der Waals surface area contributed by atoms with Gasteiger partial charge in [0.15, 0.2) is 0 Å². The van der Waals surface area contributed by atoms with Crippen LogP contribution in [0.1, 0.15) is 37.8 Å². The topological polar surface area (TPSA) is 75.4 Å². The second-order valence-electron chi connectivity index (χ2n) is 8.08. The number of aryl methyl sites for hydroxylation is 2. The molecule has 1 saturated heterocycles. The van der Waals surface area contributed by atoms with E-state index >= 15 is 0 Å². The minimum absolute atomic E-state index is 0.0445. The Kier molecular flexibility index (Phi) is 5.27. The van der Waals surface area contributed by atoms with E-state index in [9.17, 15) is 9.59 Å². The fourth-order valence-corrected chi connectivity index (χ4v) is 4.98. The SMILES string of the molecule is Cc1cccc(-c2sc(C)nc2C(=O)N2CCC2CNC(=O)c2coc3ccccc23)c1. The highest BCUT2D eigenvalue weighted by Crippen LogP contribution is 2.33. The molecule has 1 fully saturated rings. The predicted octanol–water partition coefficient (Wildman–Crippen LogP) is 4.82. The molecule has 7 heteroatoms. The molecule has 0 saturated carbocycles. The van der Waals surface area contributed by atoms with Crippen LogP contribution in [0.5, 0.6) is 0 Å². The smallest absolute Gasteiger partial charge is 0.274 e. The molecule has 1 atom stereocenters. The first kappa shape index (κ1) is 20.5. The predicted molar refractivity (Wildman–Crippen MR) is 125 cm³/mol. The number of benzene rings is 2. The Morgan fingerprint density at radius 1 is 1.19 bits per heavy atom. The van der Waals surface area contributed by atoms with Gasteiger partial charge in [-0.2, -0.15) is 0 Å². The lowest BCUT2D eigenvalue weighted by Gasteiger charge is -2.40. The average Bonchev–Trinajstić information content (AvgIpc) is 3.36. The number of aromatic nitrogens is 1. The maximum Gasteiger partial charge on any atom is 0.274 e. The van der Waals surface area contributed by atoms with Crippen molar-refractivity contribution >= 4 is 34.1 Å². The molecule has 32 heavy (non-hydrogen) atoms. The highest BCUT2D eigenvalue weighted by Gasteiger charge is 2.35. The van der Waals surface area contributed by atoms with E-state index in [0.29, 0.717) is 29.9 Å². The van der Waals surface area contributed by atoms with Crippen LogP contribution in [0.15, 0.2) is 59.2 Å². The van der Waals surface area contributed by atoms with Crippen molar-refractivity contribution in [1.82, 2.24) is 15.2 Å². The Hall–Kier alpha value is -3.45. The number of amides is 2. The van der Waals surface area contributed by atoms with E-state index in [1.165, 1.54) is 17.6 Å². The number of nitrogens with one attached hydrogen (secondary N) is 1. The number of rotatable bonds is 5. The summed E-state index contributed by atoms with van der Waals surface area (Å²) >= 11 is 1.54. The Morgan fingerprint density at radius 3 is 2.81 bits per heavy atom. The van der Waals surface area contributed by atoms with Gasteiger partial charge in [-0.1, -0.05) is 48.0 Å². The lowest BCUT2D eigenvalue weighted by molar-refractivity contribution is 0.0451. The van der Waals surface area contributed by atoms with Crippen LogP contribution in [0.3, 0.4) is 0 Å². The lowest BCUT2D eigenvalue weighted by Crippen LogP contribution is -2.56. The van der Waals surface area contributed by atoms with Crippen LogP contribution >= 0.6 is 11.3 Å². The Morgan fingerprint density at radius 2 is 2.03 bits per heavy atom. The average molecular weight is 446 g/mol. The first-order chi connectivity index (χ1) is 15.5. The van der Waals surface area contributed by atoms with Crippen LogP contribution < -0.4 is 5.32 Å². The van der Waals surface area contributed by atoms with Gasteiger partial charge in [-0.15, -0.1) is 11.3 Å². The number of thiazole rings is 1. The van der Waals surface area contributed by atoms with Gasteiger partial charge in [0.1, 0.15) is 17.5 Å². The van der Waals surface area contributed by atoms with Crippen LogP contribution in [-0.4, -0.2) is 40.8 Å². The standard InChI is InChI=1S/C25H23N3O3S/c1-15-6-5-7-17(12-15)23-22(27-16(2)32-23)25(30)28-11-10-18(28)13-26-24(29)20-14-31-21-9-4-3-8-19(20)21/h3-9,12,14,18H,10-11,13H2,1-2H3,(H,26,29). The molecule has 2 aromatic heterocycles. The van der Waals surface area contributed by atoms with Gasteiger partial charge < -0.3 is 14.6 Å². The summed E-state index contributed by atoms with van der Waals surface area (Å²) in [6.45, 7) is 5.02. The van der Waals surface area contributed by atoms with Crippen LogP contribution in [0.2, 0.25) is 0 Å². The molecule has 162 valence electrons. The van der Waals surface area contributed by atoms with Gasteiger partial charge >= 0.3 is 0 Å². The third kappa shape index (κ3) is 3.69. The van der Waals surface area contributed by atoms with Crippen LogP contribution in [0, 0.1) is 13.8 Å². The summed E-state index contributed by atoms with van der Waals surface area (Å²) in [6, 6.07) is 15.5. The van der Waals surface area contributed by atoms with Crippen molar-refractivity contribution in [2.75, 3.05) is 13.1 Å². The van der Waals surface area contributed by atoms with E-state index in [4.69, 9.17) is 4.42 Å². The van der Waals surface area contributed by atoms with Gasteiger partial charge in [-0.3, -0.25) is 9.59 Å². The van der Waals surface area contributed by atoms with Gasteiger partial charge in [0.05, 0.1) is 21.5 Å². The minimum Gasteiger partial charge on any atom is -0.463 e. The zero-order chi connectivity index (χ0) is 22.2. The molecular formula is C25H23N3O3S. The Labute approximate surface area is 189 Å². The van der Waals surface area contributed by atoms with Crippen molar-refractivity contribution in [3.63, 3.8) is 0 Å². The van der Waals surface area contributed by atoms with Gasteiger partial charge in [0.2, 0.25) is 0 Å². The number of furan rings is 1. The van der Waals surface area contributed by atoms with E-state index in [0.717, 1.165) is 32.8 Å². The van der Waals surface area contributed by atoms with Gasteiger partial charge in [-0.25, -0.2) is 4.98 Å². The molecule has 1 aliphatic heterocycles. The molecule has 0 aliphatic carbocycles. The molecule has 1 aliphatic rings.